The molecule has 6 nitrogen and oxygen atoms in total. The summed E-state index contributed by atoms with van der Waals surface area (Å²) < 4.78 is 9.73. The maximum Gasteiger partial charge on any atom is 0.331 e. The lowest BCUT2D eigenvalue weighted by atomic mass is 10.2. The first-order chi connectivity index (χ1) is 12.6. The molecule has 132 valence electrons. The van der Waals surface area contributed by atoms with E-state index in [9.17, 15) is 9.59 Å². The lowest BCUT2D eigenvalue weighted by molar-refractivity contribution is -0.142. The quantitative estimate of drug-likeness (QED) is 0.527. The van der Waals surface area contributed by atoms with Crippen LogP contribution in [0.3, 0.4) is 0 Å². The molecule has 2 aromatic heterocycles. The van der Waals surface area contributed by atoms with E-state index < -0.39 is 18.5 Å². The maximum absolute atomic E-state index is 11.7. The van der Waals surface area contributed by atoms with E-state index in [0.29, 0.717) is 5.76 Å². The Balaban J connectivity index is 1.48. The van der Waals surface area contributed by atoms with Crippen molar-refractivity contribution < 1.29 is 18.8 Å². The molecule has 0 bridgehead atoms. The Bertz CT molecular complexity index is 928. The van der Waals surface area contributed by atoms with Crippen LogP contribution >= 0.6 is 11.3 Å². The number of benzene rings is 1. The second kappa shape index (κ2) is 8.26. The second-order valence-electron chi connectivity index (χ2n) is 5.38. The largest absolute Gasteiger partial charge is 0.452 e. The number of nitrogens with zero attached hydrogens (tertiary/aromatic N) is 1. The van der Waals surface area contributed by atoms with Gasteiger partial charge >= 0.3 is 5.97 Å². The number of carbonyl (C=O) groups excluding carboxylic acids is 2. The van der Waals surface area contributed by atoms with E-state index in [2.05, 4.69) is 10.5 Å². The molecule has 0 aliphatic rings. The third kappa shape index (κ3) is 4.90. The molecular weight excluding hydrogens is 352 g/mol. The molecular formula is C19H16N2O4S. The van der Waals surface area contributed by atoms with E-state index in [-0.39, 0.29) is 5.82 Å². The number of hydrogen-bond donors (Lipinski definition) is 1. The van der Waals surface area contributed by atoms with Gasteiger partial charge in [-0.3, -0.25) is 4.79 Å². The average molecular weight is 368 g/mol. The van der Waals surface area contributed by atoms with E-state index >= 15 is 0 Å². The van der Waals surface area contributed by atoms with Crippen molar-refractivity contribution in [2.45, 2.75) is 6.92 Å². The summed E-state index contributed by atoms with van der Waals surface area (Å²) in [7, 11) is 0. The van der Waals surface area contributed by atoms with Crippen molar-refractivity contribution in [2.24, 2.45) is 0 Å². The highest BCUT2D eigenvalue weighted by atomic mass is 32.1. The number of aromatic nitrogens is 1. The van der Waals surface area contributed by atoms with Gasteiger partial charge in [0.2, 0.25) is 0 Å². The van der Waals surface area contributed by atoms with Crippen LogP contribution in [0.2, 0.25) is 0 Å². The number of thiophene rings is 1. The summed E-state index contributed by atoms with van der Waals surface area (Å²) >= 11 is 1.56. The average Bonchev–Trinajstić information content (AvgIpc) is 3.28. The van der Waals surface area contributed by atoms with Gasteiger partial charge < -0.3 is 14.6 Å². The minimum absolute atomic E-state index is 0.283. The van der Waals surface area contributed by atoms with Gasteiger partial charge in [0.25, 0.3) is 5.91 Å². The topological polar surface area (TPSA) is 81.4 Å². The van der Waals surface area contributed by atoms with Crippen LogP contribution in [0.1, 0.15) is 10.6 Å². The first kappa shape index (κ1) is 17.6. The highest BCUT2D eigenvalue weighted by Gasteiger charge is 2.08. The second-order valence-corrected chi connectivity index (χ2v) is 6.50. The van der Waals surface area contributed by atoms with Crippen molar-refractivity contribution in [1.29, 1.82) is 0 Å². The Morgan fingerprint density at radius 3 is 2.77 bits per heavy atom. The zero-order valence-corrected chi connectivity index (χ0v) is 14.8. The van der Waals surface area contributed by atoms with Gasteiger partial charge in [0.15, 0.2) is 12.4 Å². The van der Waals surface area contributed by atoms with Gasteiger partial charge in [0.1, 0.15) is 5.76 Å². The number of nitrogens with one attached hydrogen (secondary N) is 1. The van der Waals surface area contributed by atoms with Crippen molar-refractivity contribution in [3.05, 3.63) is 65.2 Å². The highest BCUT2D eigenvalue weighted by molar-refractivity contribution is 7.16. The number of esters is 1. The molecule has 0 atom stereocenters. The van der Waals surface area contributed by atoms with E-state index in [1.54, 1.807) is 30.4 Å². The van der Waals surface area contributed by atoms with Gasteiger partial charge in [-0.25, -0.2) is 4.79 Å². The van der Waals surface area contributed by atoms with Gasteiger partial charge in [-0.1, -0.05) is 35.5 Å². The van der Waals surface area contributed by atoms with Crippen LogP contribution in [0.15, 0.2) is 59.1 Å². The molecule has 1 aromatic carbocycles. The van der Waals surface area contributed by atoms with Gasteiger partial charge in [0.05, 0.1) is 0 Å². The number of anilines is 1. The molecule has 0 saturated carbocycles. The molecule has 0 unspecified atom stereocenters. The van der Waals surface area contributed by atoms with E-state index in [1.807, 2.05) is 42.5 Å². The van der Waals surface area contributed by atoms with Crippen LogP contribution in [0.5, 0.6) is 0 Å². The maximum atomic E-state index is 11.7. The smallest absolute Gasteiger partial charge is 0.331 e. The molecule has 2 heterocycles. The number of ether oxygens (including phenoxy) is 1. The predicted octanol–water partition coefficient (Wildman–Crippen LogP) is 3.91. The van der Waals surface area contributed by atoms with E-state index in [0.717, 1.165) is 15.3 Å². The zero-order chi connectivity index (χ0) is 18.4. The molecule has 0 spiro atoms. The Kier molecular flexibility index (Phi) is 5.60. The van der Waals surface area contributed by atoms with Crippen LogP contribution in [0, 0.1) is 6.92 Å². The standard InChI is InChI=1S/C19H16N2O4S/c1-13-11-17(21-25-13)20-18(22)12-24-19(23)10-8-15-7-9-16(26-15)14-5-3-2-4-6-14/h2-11H,12H2,1H3,(H,20,21,22)/b10-8+. The number of hydrogen-bond acceptors (Lipinski definition) is 6. The lowest BCUT2D eigenvalue weighted by Gasteiger charge is -2.01. The van der Waals surface area contributed by atoms with Crippen molar-refractivity contribution in [2.75, 3.05) is 11.9 Å². The summed E-state index contributed by atoms with van der Waals surface area (Å²) in [6.07, 6.45) is 2.96. The van der Waals surface area contributed by atoms with Crippen molar-refractivity contribution in [3.8, 4) is 10.4 Å². The molecule has 0 fully saturated rings. The normalized spacial score (nSPS) is 10.8. The summed E-state index contributed by atoms with van der Waals surface area (Å²) in [5.74, 6) is -0.217. The third-order valence-corrected chi connectivity index (χ3v) is 4.41. The van der Waals surface area contributed by atoms with Crippen molar-refractivity contribution >= 4 is 35.1 Å². The van der Waals surface area contributed by atoms with Gasteiger partial charge in [-0.05, 0) is 30.7 Å². The van der Waals surface area contributed by atoms with Gasteiger partial charge in [0, 0.05) is 21.9 Å². The summed E-state index contributed by atoms with van der Waals surface area (Å²) in [5.41, 5.74) is 1.12. The molecule has 0 aliphatic heterocycles. The first-order valence-electron chi connectivity index (χ1n) is 7.83. The fourth-order valence-electron chi connectivity index (χ4n) is 2.14. The highest BCUT2D eigenvalue weighted by Crippen LogP contribution is 2.28. The monoisotopic (exact) mass is 368 g/mol. The summed E-state index contributed by atoms with van der Waals surface area (Å²) in [5, 5.41) is 6.10. The molecule has 3 rings (SSSR count). The molecule has 1 amide bonds. The molecule has 0 aliphatic carbocycles. The Labute approximate surface area is 154 Å². The minimum Gasteiger partial charge on any atom is -0.452 e. The summed E-state index contributed by atoms with van der Waals surface area (Å²) in [6.45, 7) is 1.32. The SMILES string of the molecule is Cc1cc(NC(=O)COC(=O)/C=C/c2ccc(-c3ccccc3)s2)no1. The Morgan fingerprint density at radius 1 is 1.23 bits per heavy atom. The predicted molar refractivity (Wildman–Crippen MR) is 99.6 cm³/mol. The Morgan fingerprint density at radius 2 is 2.04 bits per heavy atom. The fraction of sp³-hybridized carbons (Fsp3) is 0.105. The minimum atomic E-state index is -0.592. The molecule has 7 heteroatoms. The number of rotatable bonds is 6. The van der Waals surface area contributed by atoms with Crippen LogP contribution in [0.4, 0.5) is 5.82 Å². The van der Waals surface area contributed by atoms with Crippen LogP contribution < -0.4 is 5.32 Å². The van der Waals surface area contributed by atoms with E-state index in [1.165, 1.54) is 6.08 Å². The third-order valence-electron chi connectivity index (χ3n) is 3.31. The number of amides is 1. The van der Waals surface area contributed by atoms with Crippen LogP contribution in [-0.4, -0.2) is 23.6 Å². The first-order valence-corrected chi connectivity index (χ1v) is 8.65. The molecule has 0 radical (unpaired) electrons. The molecule has 0 saturated heterocycles. The van der Waals surface area contributed by atoms with Gasteiger partial charge in [-0.15, -0.1) is 11.3 Å². The van der Waals surface area contributed by atoms with Gasteiger partial charge in [-0.2, -0.15) is 0 Å². The zero-order valence-electron chi connectivity index (χ0n) is 14.0. The Hall–Kier alpha value is -3.19. The van der Waals surface area contributed by atoms with Crippen molar-refractivity contribution in [1.82, 2.24) is 5.16 Å². The van der Waals surface area contributed by atoms with Crippen LogP contribution in [-0.2, 0) is 14.3 Å². The molecule has 26 heavy (non-hydrogen) atoms. The molecule has 3 aromatic rings. The summed E-state index contributed by atoms with van der Waals surface area (Å²) in [6, 6.07) is 15.5. The van der Waals surface area contributed by atoms with E-state index in [4.69, 9.17) is 9.26 Å². The number of aryl methyl sites for hydroxylation is 1. The lowest BCUT2D eigenvalue weighted by Crippen LogP contribution is -2.20. The number of carbonyl (C=O) groups is 2. The molecule has 1 N–H and O–H groups in total. The van der Waals surface area contributed by atoms with Crippen molar-refractivity contribution in [3.63, 3.8) is 0 Å². The fourth-order valence-corrected chi connectivity index (χ4v) is 3.06. The summed E-state index contributed by atoms with van der Waals surface area (Å²) in [4.78, 5) is 25.4. The van der Waals surface area contributed by atoms with Crippen LogP contribution in [0.25, 0.3) is 16.5 Å².